The number of hydrogen-bond donors (Lipinski definition) is 1. The first-order valence-electron chi connectivity index (χ1n) is 6.17. The van der Waals surface area contributed by atoms with Gasteiger partial charge in [-0.25, -0.2) is 4.98 Å². The third-order valence-electron chi connectivity index (χ3n) is 2.88. The van der Waals surface area contributed by atoms with Crippen LogP contribution in [0.5, 0.6) is 5.75 Å². The average Bonchev–Trinajstić information content (AvgIpc) is 2.81. The molecule has 0 saturated carbocycles. The number of nitrogens with two attached hydrogens (primary N) is 1. The summed E-state index contributed by atoms with van der Waals surface area (Å²) in [7, 11) is 1.96. The van der Waals surface area contributed by atoms with Crippen molar-refractivity contribution in [3.63, 3.8) is 0 Å². The van der Waals surface area contributed by atoms with Crippen LogP contribution in [-0.4, -0.2) is 16.1 Å². The molecule has 0 spiro atoms. The largest absolute Gasteiger partial charge is 0.486 e. The van der Waals surface area contributed by atoms with Crippen LogP contribution in [0.4, 0.5) is 0 Å². The van der Waals surface area contributed by atoms with E-state index in [4.69, 9.17) is 10.5 Å². The molecule has 0 aliphatic carbocycles. The first-order chi connectivity index (χ1) is 8.79. The van der Waals surface area contributed by atoms with E-state index in [-0.39, 0.29) is 0 Å². The Hall–Kier alpha value is -1.81. The van der Waals surface area contributed by atoms with Gasteiger partial charge in [0.1, 0.15) is 18.2 Å². The minimum Gasteiger partial charge on any atom is -0.486 e. The van der Waals surface area contributed by atoms with Gasteiger partial charge in [-0.15, -0.1) is 0 Å². The molecule has 0 amide bonds. The maximum absolute atomic E-state index is 5.68. The Morgan fingerprint density at radius 1 is 1.28 bits per heavy atom. The van der Waals surface area contributed by atoms with E-state index in [1.165, 1.54) is 5.56 Å². The Labute approximate surface area is 107 Å². The number of aryl methyl sites for hydroxylation is 2. The van der Waals surface area contributed by atoms with Gasteiger partial charge in [-0.05, 0) is 37.1 Å². The second-order valence-corrected chi connectivity index (χ2v) is 4.28. The number of rotatable bonds is 6. The van der Waals surface area contributed by atoms with E-state index in [0.717, 1.165) is 31.0 Å². The fourth-order valence-corrected chi connectivity index (χ4v) is 1.74. The molecule has 0 atom stereocenters. The topological polar surface area (TPSA) is 53.1 Å². The van der Waals surface area contributed by atoms with E-state index in [0.29, 0.717) is 6.61 Å². The van der Waals surface area contributed by atoms with Crippen molar-refractivity contribution in [1.82, 2.24) is 9.55 Å². The van der Waals surface area contributed by atoms with Crippen LogP contribution in [-0.2, 0) is 20.1 Å². The molecule has 2 rings (SSSR count). The van der Waals surface area contributed by atoms with E-state index in [2.05, 4.69) is 17.1 Å². The second kappa shape index (κ2) is 6.21. The lowest BCUT2D eigenvalue weighted by atomic mass is 10.1. The molecule has 0 bridgehead atoms. The zero-order chi connectivity index (χ0) is 12.8. The lowest BCUT2D eigenvalue weighted by molar-refractivity contribution is 0.291. The van der Waals surface area contributed by atoms with E-state index >= 15 is 0 Å². The number of ether oxygens (including phenoxy) is 1. The number of imidazole rings is 1. The lowest BCUT2D eigenvalue weighted by Crippen LogP contribution is -2.03. The fraction of sp³-hybridized carbons (Fsp3) is 0.357. The van der Waals surface area contributed by atoms with Crippen molar-refractivity contribution in [1.29, 1.82) is 0 Å². The highest BCUT2D eigenvalue weighted by atomic mass is 16.5. The van der Waals surface area contributed by atoms with Crippen molar-refractivity contribution in [2.75, 3.05) is 6.54 Å². The normalized spacial score (nSPS) is 10.6. The maximum atomic E-state index is 5.68. The molecular weight excluding hydrogens is 226 g/mol. The summed E-state index contributed by atoms with van der Waals surface area (Å²) in [4.78, 5) is 4.21. The summed E-state index contributed by atoms with van der Waals surface area (Å²) in [5.41, 5.74) is 6.78. The molecule has 2 aromatic rings. The predicted octanol–water partition coefficient (Wildman–Crippen LogP) is 1.89. The maximum Gasteiger partial charge on any atom is 0.146 e. The Morgan fingerprint density at radius 3 is 2.67 bits per heavy atom. The first kappa shape index (κ1) is 12.6. The quantitative estimate of drug-likeness (QED) is 0.845. The zero-order valence-corrected chi connectivity index (χ0v) is 10.7. The van der Waals surface area contributed by atoms with Gasteiger partial charge in [0.2, 0.25) is 0 Å². The fourth-order valence-electron chi connectivity index (χ4n) is 1.74. The molecular formula is C14H19N3O. The third kappa shape index (κ3) is 3.34. The molecule has 0 saturated heterocycles. The molecule has 96 valence electrons. The summed E-state index contributed by atoms with van der Waals surface area (Å²) in [6.07, 6.45) is 5.73. The molecule has 0 unspecified atom stereocenters. The number of benzene rings is 1. The molecule has 2 N–H and O–H groups in total. The molecule has 1 heterocycles. The summed E-state index contributed by atoms with van der Waals surface area (Å²) >= 11 is 0. The molecule has 0 aliphatic rings. The first-order valence-corrected chi connectivity index (χ1v) is 6.17. The van der Waals surface area contributed by atoms with Gasteiger partial charge in [-0.2, -0.15) is 0 Å². The second-order valence-electron chi connectivity index (χ2n) is 4.28. The summed E-state index contributed by atoms with van der Waals surface area (Å²) < 4.78 is 7.64. The number of hydrogen-bond acceptors (Lipinski definition) is 3. The summed E-state index contributed by atoms with van der Waals surface area (Å²) in [5.74, 6) is 1.79. The smallest absolute Gasteiger partial charge is 0.146 e. The highest BCUT2D eigenvalue weighted by Gasteiger charge is 2.00. The minimum absolute atomic E-state index is 0.492. The molecule has 1 aromatic heterocycles. The van der Waals surface area contributed by atoms with Crippen molar-refractivity contribution in [3.05, 3.63) is 48.0 Å². The Morgan fingerprint density at radius 2 is 2.06 bits per heavy atom. The summed E-state index contributed by atoms with van der Waals surface area (Å²) in [5, 5.41) is 0. The number of aromatic nitrogens is 2. The van der Waals surface area contributed by atoms with Crippen molar-refractivity contribution < 1.29 is 4.74 Å². The van der Waals surface area contributed by atoms with Gasteiger partial charge in [0.15, 0.2) is 0 Å². The van der Waals surface area contributed by atoms with Crippen LogP contribution in [0.3, 0.4) is 0 Å². The van der Waals surface area contributed by atoms with Crippen LogP contribution in [0.25, 0.3) is 0 Å². The summed E-state index contributed by atoms with van der Waals surface area (Å²) in [6, 6.07) is 8.16. The Bertz CT molecular complexity index is 476. The monoisotopic (exact) mass is 245 g/mol. The lowest BCUT2D eigenvalue weighted by Gasteiger charge is -2.07. The van der Waals surface area contributed by atoms with Crippen LogP contribution in [0.15, 0.2) is 36.7 Å². The molecule has 0 aliphatic heterocycles. The SMILES string of the molecule is Cn1ccnc1COc1ccc(CCCN)cc1. The summed E-state index contributed by atoms with van der Waals surface area (Å²) in [6.45, 7) is 1.23. The predicted molar refractivity (Wildman–Crippen MR) is 71.4 cm³/mol. The average molecular weight is 245 g/mol. The van der Waals surface area contributed by atoms with Gasteiger partial charge < -0.3 is 15.0 Å². The van der Waals surface area contributed by atoms with Crippen LogP contribution in [0.2, 0.25) is 0 Å². The molecule has 0 radical (unpaired) electrons. The highest BCUT2D eigenvalue weighted by molar-refractivity contribution is 5.27. The highest BCUT2D eigenvalue weighted by Crippen LogP contribution is 2.14. The van der Waals surface area contributed by atoms with Crippen molar-refractivity contribution in [2.24, 2.45) is 12.8 Å². The molecule has 1 aromatic carbocycles. The molecule has 4 nitrogen and oxygen atoms in total. The standard InChI is InChI=1S/C14H19N3O/c1-17-10-9-16-14(17)11-18-13-6-4-12(5-7-13)3-2-8-15/h4-7,9-10H,2-3,8,11,15H2,1H3. The van der Waals surface area contributed by atoms with Gasteiger partial charge in [0.05, 0.1) is 0 Å². The van der Waals surface area contributed by atoms with Crippen molar-refractivity contribution in [3.8, 4) is 5.75 Å². The van der Waals surface area contributed by atoms with E-state index in [1.807, 2.05) is 29.9 Å². The molecule has 4 heteroatoms. The van der Waals surface area contributed by atoms with Crippen LogP contribution in [0.1, 0.15) is 17.8 Å². The third-order valence-corrected chi connectivity index (χ3v) is 2.88. The van der Waals surface area contributed by atoms with Crippen LogP contribution in [0, 0.1) is 0 Å². The van der Waals surface area contributed by atoms with Gasteiger partial charge in [0.25, 0.3) is 0 Å². The molecule has 18 heavy (non-hydrogen) atoms. The Balaban J connectivity index is 1.88. The van der Waals surface area contributed by atoms with Crippen molar-refractivity contribution in [2.45, 2.75) is 19.4 Å². The number of nitrogens with zero attached hydrogens (tertiary/aromatic N) is 2. The molecule has 0 fully saturated rings. The van der Waals surface area contributed by atoms with Gasteiger partial charge >= 0.3 is 0 Å². The van der Waals surface area contributed by atoms with Crippen LogP contribution >= 0.6 is 0 Å². The van der Waals surface area contributed by atoms with Gasteiger partial charge in [-0.1, -0.05) is 12.1 Å². The van der Waals surface area contributed by atoms with Crippen molar-refractivity contribution >= 4 is 0 Å². The zero-order valence-electron chi connectivity index (χ0n) is 10.7. The van der Waals surface area contributed by atoms with E-state index in [1.54, 1.807) is 6.20 Å². The van der Waals surface area contributed by atoms with E-state index < -0.39 is 0 Å². The Kier molecular flexibility index (Phi) is 4.36. The van der Waals surface area contributed by atoms with Gasteiger partial charge in [0, 0.05) is 19.4 Å². The van der Waals surface area contributed by atoms with Crippen LogP contribution < -0.4 is 10.5 Å². The minimum atomic E-state index is 0.492. The van der Waals surface area contributed by atoms with E-state index in [9.17, 15) is 0 Å². The van der Waals surface area contributed by atoms with Gasteiger partial charge in [-0.3, -0.25) is 0 Å².